The van der Waals surface area contributed by atoms with E-state index in [1.807, 2.05) is 43.3 Å². The largest absolute Gasteiger partial charge is 0.491 e. The first-order valence-corrected chi connectivity index (χ1v) is 10.2. The molecule has 0 aliphatic rings. The minimum Gasteiger partial charge on any atom is -0.491 e. The minimum absolute atomic E-state index is 0.0223. The van der Waals surface area contributed by atoms with E-state index < -0.39 is 12.2 Å². The fourth-order valence-electron chi connectivity index (χ4n) is 2.94. The van der Waals surface area contributed by atoms with Gasteiger partial charge in [-0.2, -0.15) is 0 Å². The van der Waals surface area contributed by atoms with E-state index in [0.717, 1.165) is 22.4 Å². The van der Waals surface area contributed by atoms with Crippen molar-refractivity contribution in [3.05, 3.63) is 69.6 Å². The molecule has 7 nitrogen and oxygen atoms in total. The molecule has 0 aromatic heterocycles. The highest BCUT2D eigenvalue weighted by molar-refractivity contribution is 6.18. The number of hydrogen-bond donors (Lipinski definition) is 2. The molecule has 2 atom stereocenters. The van der Waals surface area contributed by atoms with Gasteiger partial charge in [0, 0.05) is 10.3 Å². The maximum atomic E-state index is 9.68. The molecule has 0 aliphatic heterocycles. The normalized spacial score (nSPS) is 13.3. The van der Waals surface area contributed by atoms with Crippen molar-refractivity contribution in [1.82, 2.24) is 0 Å². The van der Waals surface area contributed by atoms with Crippen molar-refractivity contribution in [2.45, 2.75) is 38.4 Å². The van der Waals surface area contributed by atoms with Crippen LogP contribution in [-0.2, 0) is 5.41 Å². The van der Waals surface area contributed by atoms with Crippen molar-refractivity contribution in [2.24, 2.45) is 5.11 Å². The van der Waals surface area contributed by atoms with Gasteiger partial charge in [-0.3, -0.25) is 0 Å². The first-order chi connectivity index (χ1) is 14.3. The molecule has 0 unspecified atom stereocenters. The van der Waals surface area contributed by atoms with Crippen molar-refractivity contribution in [2.75, 3.05) is 25.6 Å². The van der Waals surface area contributed by atoms with Crippen LogP contribution in [0.5, 0.6) is 11.5 Å². The number of azide groups is 1. The molecule has 2 N–H and O–H groups in total. The van der Waals surface area contributed by atoms with Gasteiger partial charge in [0.1, 0.15) is 30.8 Å². The van der Waals surface area contributed by atoms with Crippen LogP contribution in [0.25, 0.3) is 10.4 Å². The van der Waals surface area contributed by atoms with Crippen molar-refractivity contribution in [1.29, 1.82) is 0 Å². The van der Waals surface area contributed by atoms with Crippen LogP contribution in [0.4, 0.5) is 0 Å². The van der Waals surface area contributed by atoms with Gasteiger partial charge in [-0.25, -0.2) is 0 Å². The van der Waals surface area contributed by atoms with Crippen molar-refractivity contribution >= 4 is 11.6 Å². The molecule has 2 aromatic rings. The van der Waals surface area contributed by atoms with E-state index in [1.165, 1.54) is 0 Å². The summed E-state index contributed by atoms with van der Waals surface area (Å²) in [5.74, 6) is 1.49. The summed E-state index contributed by atoms with van der Waals surface area (Å²) >= 11 is 5.61. The highest BCUT2D eigenvalue weighted by Crippen LogP contribution is 2.34. The van der Waals surface area contributed by atoms with E-state index in [1.54, 1.807) is 0 Å². The van der Waals surface area contributed by atoms with Gasteiger partial charge >= 0.3 is 0 Å². The average molecular weight is 434 g/mol. The number of aliphatic hydroxyl groups is 2. The molecular weight excluding hydrogens is 406 g/mol. The second-order valence-electron chi connectivity index (χ2n) is 7.63. The number of hydrogen-bond acceptors (Lipinski definition) is 5. The van der Waals surface area contributed by atoms with Gasteiger partial charge in [0.25, 0.3) is 0 Å². The average Bonchev–Trinajstić information content (AvgIpc) is 2.75. The molecule has 0 fully saturated rings. The van der Waals surface area contributed by atoms with Crippen molar-refractivity contribution < 1.29 is 19.7 Å². The summed E-state index contributed by atoms with van der Waals surface area (Å²) in [4.78, 5) is 2.62. The van der Waals surface area contributed by atoms with Crippen LogP contribution in [-0.4, -0.2) is 48.1 Å². The summed E-state index contributed by atoms with van der Waals surface area (Å²) in [6, 6.07) is 13.7. The number of nitrogens with zero attached hydrogens (tertiary/aromatic N) is 3. The number of rotatable bonds is 11. The fraction of sp³-hybridized carbons (Fsp3) is 0.455. The fourth-order valence-corrected chi connectivity index (χ4v) is 3.03. The summed E-state index contributed by atoms with van der Waals surface area (Å²) in [6.07, 6.45) is -1.53. The predicted octanol–water partition coefficient (Wildman–Crippen LogP) is 4.35. The molecule has 0 heterocycles. The molecule has 8 heteroatoms. The van der Waals surface area contributed by atoms with E-state index >= 15 is 0 Å². The third kappa shape index (κ3) is 6.54. The molecule has 0 bridgehead atoms. The number of aliphatic hydroxyl groups excluding tert-OH is 2. The van der Waals surface area contributed by atoms with Gasteiger partial charge in [-0.15, -0.1) is 11.6 Å². The number of benzene rings is 2. The molecule has 0 aliphatic carbocycles. The van der Waals surface area contributed by atoms with E-state index in [0.29, 0.717) is 5.75 Å². The zero-order chi connectivity index (χ0) is 22.1. The van der Waals surface area contributed by atoms with Gasteiger partial charge in [-0.05, 0) is 47.3 Å². The second-order valence-corrected chi connectivity index (χ2v) is 7.94. The monoisotopic (exact) mass is 433 g/mol. The topological polar surface area (TPSA) is 108 Å². The smallest absolute Gasteiger partial charge is 0.122 e. The molecule has 30 heavy (non-hydrogen) atoms. The summed E-state index contributed by atoms with van der Waals surface area (Å²) < 4.78 is 11.2. The van der Waals surface area contributed by atoms with Gasteiger partial charge in [-0.1, -0.05) is 43.2 Å². The van der Waals surface area contributed by atoms with Crippen LogP contribution in [0.15, 0.2) is 47.6 Å². The Labute approximate surface area is 181 Å². The molecule has 0 radical (unpaired) electrons. The molecule has 0 saturated carbocycles. The van der Waals surface area contributed by atoms with Crippen molar-refractivity contribution in [3.63, 3.8) is 0 Å². The predicted molar refractivity (Wildman–Crippen MR) is 117 cm³/mol. The molecule has 0 amide bonds. The van der Waals surface area contributed by atoms with Crippen LogP contribution in [0.1, 0.15) is 30.5 Å². The third-order valence-electron chi connectivity index (χ3n) is 4.88. The highest BCUT2D eigenvalue weighted by atomic mass is 35.5. The lowest BCUT2D eigenvalue weighted by Crippen LogP contribution is -2.21. The Kier molecular flexibility index (Phi) is 8.81. The van der Waals surface area contributed by atoms with Crippen LogP contribution < -0.4 is 9.47 Å². The minimum atomic E-state index is -0.841. The second kappa shape index (κ2) is 11.1. The maximum Gasteiger partial charge on any atom is 0.122 e. The van der Waals surface area contributed by atoms with E-state index in [2.05, 4.69) is 29.9 Å². The molecular formula is C22H28ClN3O4. The van der Waals surface area contributed by atoms with E-state index in [9.17, 15) is 10.2 Å². The number of halogens is 1. The van der Waals surface area contributed by atoms with Gasteiger partial charge in [0.05, 0.1) is 18.5 Å². The molecule has 0 spiro atoms. The van der Waals surface area contributed by atoms with E-state index in [-0.39, 0.29) is 31.1 Å². The Morgan fingerprint density at radius 3 is 2.27 bits per heavy atom. The maximum absolute atomic E-state index is 9.68. The van der Waals surface area contributed by atoms with Gasteiger partial charge in [0.2, 0.25) is 0 Å². The van der Waals surface area contributed by atoms with Crippen LogP contribution >= 0.6 is 11.6 Å². The Balaban J connectivity index is 2.07. The molecule has 162 valence electrons. The Bertz CT molecular complexity index is 867. The summed E-state index contributed by atoms with van der Waals surface area (Å²) in [7, 11) is 0. The number of alkyl halides is 1. The lowest BCUT2D eigenvalue weighted by molar-refractivity contribution is 0.114. The Hall–Kier alpha value is -2.44. The number of ether oxygens (including phenoxy) is 2. The third-order valence-corrected chi connectivity index (χ3v) is 5.24. The van der Waals surface area contributed by atoms with Crippen LogP contribution in [0.2, 0.25) is 0 Å². The van der Waals surface area contributed by atoms with Crippen LogP contribution in [0, 0.1) is 6.92 Å². The quantitative estimate of drug-likeness (QED) is 0.237. The van der Waals surface area contributed by atoms with Gasteiger partial charge in [0.15, 0.2) is 0 Å². The first kappa shape index (κ1) is 23.8. The lowest BCUT2D eigenvalue weighted by atomic mass is 9.77. The number of aryl methyl sites for hydroxylation is 1. The summed E-state index contributed by atoms with van der Waals surface area (Å²) in [6.45, 7) is 6.44. The summed E-state index contributed by atoms with van der Waals surface area (Å²) in [5.41, 5.74) is 11.2. The molecule has 0 saturated heterocycles. The Morgan fingerprint density at radius 2 is 1.67 bits per heavy atom. The zero-order valence-corrected chi connectivity index (χ0v) is 18.2. The standard InChI is InChI=1S/C22H28ClN3O4/c1-15-10-17(6-9-21(15)30-13-18(27)11-23)22(2,3)16-4-7-20(8-5-16)29-14-19(28)12-25-26-24/h4-10,18-19,27-28H,11-14H2,1-3H3/t18-,19-/m1/s1. The SMILES string of the molecule is Cc1cc(C(C)(C)c2ccc(OC[C@H](O)CN=[N+]=[N-])cc2)ccc1OC[C@H](O)CCl. The Morgan fingerprint density at radius 1 is 1.03 bits per heavy atom. The lowest BCUT2D eigenvalue weighted by Gasteiger charge is -2.27. The first-order valence-electron chi connectivity index (χ1n) is 9.68. The van der Waals surface area contributed by atoms with Crippen LogP contribution in [0.3, 0.4) is 0 Å². The van der Waals surface area contributed by atoms with E-state index in [4.69, 9.17) is 26.6 Å². The molecule has 2 rings (SSSR count). The zero-order valence-electron chi connectivity index (χ0n) is 17.5. The summed E-state index contributed by atoms with van der Waals surface area (Å²) in [5, 5.41) is 22.6. The van der Waals surface area contributed by atoms with Gasteiger partial charge < -0.3 is 19.7 Å². The van der Waals surface area contributed by atoms with Crippen molar-refractivity contribution in [3.8, 4) is 11.5 Å². The highest BCUT2D eigenvalue weighted by Gasteiger charge is 2.24. The molecule has 2 aromatic carbocycles.